The molecular weight excluding hydrogens is 238 g/mol. The second-order valence-electron chi connectivity index (χ2n) is 4.01. The van der Waals surface area contributed by atoms with E-state index in [1.807, 2.05) is 19.9 Å². The first-order valence-electron chi connectivity index (χ1n) is 5.09. The number of anilines is 1. The molecule has 0 spiro atoms. The molecule has 0 atom stereocenters. The predicted molar refractivity (Wildman–Crippen MR) is 66.5 cm³/mol. The van der Waals surface area contributed by atoms with Crippen LogP contribution in [0.3, 0.4) is 0 Å². The minimum absolute atomic E-state index is 0.0953. The van der Waals surface area contributed by atoms with Gasteiger partial charge in [-0.3, -0.25) is 0 Å². The van der Waals surface area contributed by atoms with Gasteiger partial charge in [0, 0.05) is 24.8 Å². The van der Waals surface area contributed by atoms with E-state index in [0.29, 0.717) is 5.69 Å². The van der Waals surface area contributed by atoms with E-state index in [-0.39, 0.29) is 4.90 Å². The monoisotopic (exact) mass is 252 g/mol. The standard InChI is InChI=1S/C11H13N3O2S/c1-7-5-8(2)14-11-6-9(17(12,15)16)3-4-10(11)13-7/h3-6,14H,1-2H3,(H2,12,15,16)/p+1. The molecule has 6 heteroatoms. The largest absolute Gasteiger partial charge is 0.354 e. The van der Waals surface area contributed by atoms with Crippen LogP contribution in [0.4, 0.5) is 11.4 Å². The van der Waals surface area contributed by atoms with E-state index < -0.39 is 10.0 Å². The lowest BCUT2D eigenvalue weighted by Crippen LogP contribution is -2.64. The Balaban J connectivity index is 2.59. The average molecular weight is 252 g/mol. The Morgan fingerprint density at radius 3 is 2.65 bits per heavy atom. The van der Waals surface area contributed by atoms with Gasteiger partial charge in [0.2, 0.25) is 15.7 Å². The Hall–Kier alpha value is -1.66. The van der Waals surface area contributed by atoms with E-state index in [9.17, 15) is 8.42 Å². The summed E-state index contributed by atoms with van der Waals surface area (Å²) in [6, 6.07) is 4.70. The number of fused-ring (bicyclic) bond motifs is 1. The summed E-state index contributed by atoms with van der Waals surface area (Å²) in [5.74, 6) is 0. The Labute approximate surface area is 100 Å². The topological polar surface area (TPSA) is 86.2 Å². The number of nitrogens with two attached hydrogens (primary N) is 1. The minimum Gasteiger partial charge on any atom is -0.354 e. The molecule has 17 heavy (non-hydrogen) atoms. The van der Waals surface area contributed by atoms with E-state index in [1.54, 1.807) is 6.07 Å². The molecule has 0 saturated heterocycles. The van der Waals surface area contributed by atoms with Gasteiger partial charge in [-0.1, -0.05) is 0 Å². The van der Waals surface area contributed by atoms with Crippen molar-refractivity contribution in [2.75, 3.05) is 5.32 Å². The molecule has 0 aromatic heterocycles. The first-order valence-corrected chi connectivity index (χ1v) is 6.63. The zero-order valence-electron chi connectivity index (χ0n) is 9.61. The molecule has 1 aromatic rings. The number of rotatable bonds is 1. The van der Waals surface area contributed by atoms with E-state index >= 15 is 0 Å². The molecular formula is C11H14N3O2S+. The van der Waals surface area contributed by atoms with Crippen molar-refractivity contribution in [1.82, 2.24) is 0 Å². The molecule has 5 nitrogen and oxygen atoms in total. The number of sulfonamides is 1. The quantitative estimate of drug-likeness (QED) is 0.649. The van der Waals surface area contributed by atoms with E-state index in [0.717, 1.165) is 17.1 Å². The summed E-state index contributed by atoms with van der Waals surface area (Å²) in [4.78, 5) is 3.27. The summed E-state index contributed by atoms with van der Waals surface area (Å²) in [7, 11) is -3.67. The van der Waals surface area contributed by atoms with Crippen LogP contribution in [-0.2, 0) is 10.0 Å². The van der Waals surface area contributed by atoms with Gasteiger partial charge in [-0.05, 0) is 19.1 Å². The number of hydrogen-bond acceptors (Lipinski definition) is 3. The van der Waals surface area contributed by atoms with Crippen LogP contribution < -0.4 is 15.4 Å². The van der Waals surface area contributed by atoms with Crippen LogP contribution in [0.2, 0.25) is 0 Å². The zero-order chi connectivity index (χ0) is 12.6. The number of benzene rings is 1. The van der Waals surface area contributed by atoms with Gasteiger partial charge >= 0.3 is 0 Å². The average Bonchev–Trinajstić information content (AvgIpc) is 2.31. The van der Waals surface area contributed by atoms with Gasteiger partial charge in [-0.15, -0.1) is 0 Å². The molecule has 90 valence electrons. The van der Waals surface area contributed by atoms with Gasteiger partial charge < -0.3 is 5.32 Å². The molecule has 4 N–H and O–H groups in total. The lowest BCUT2D eigenvalue weighted by Gasteiger charge is -2.05. The van der Waals surface area contributed by atoms with Crippen LogP contribution in [0.5, 0.6) is 0 Å². The number of nitrogens with one attached hydrogen (secondary N) is 2. The fraction of sp³-hybridized carbons (Fsp3) is 0.182. The molecule has 0 radical (unpaired) electrons. The Kier molecular flexibility index (Phi) is 2.76. The van der Waals surface area contributed by atoms with Crippen LogP contribution in [0.1, 0.15) is 13.8 Å². The fourth-order valence-corrected chi connectivity index (χ4v) is 2.27. The van der Waals surface area contributed by atoms with Gasteiger partial charge in [0.05, 0.1) is 4.90 Å². The second kappa shape index (κ2) is 3.97. The van der Waals surface area contributed by atoms with Crippen molar-refractivity contribution >= 4 is 27.1 Å². The maximum Gasteiger partial charge on any atom is 0.238 e. The highest BCUT2D eigenvalue weighted by atomic mass is 32.2. The van der Waals surface area contributed by atoms with E-state index in [4.69, 9.17) is 5.14 Å². The molecule has 1 aliphatic heterocycles. The van der Waals surface area contributed by atoms with Gasteiger partial charge in [0.1, 0.15) is 5.69 Å². The highest BCUT2D eigenvalue weighted by molar-refractivity contribution is 7.89. The Bertz CT molecular complexity index is 630. The summed E-state index contributed by atoms with van der Waals surface area (Å²) in [5, 5.41) is 8.22. The molecule has 1 heterocycles. The maximum absolute atomic E-state index is 11.3. The number of primary sulfonamides is 1. The third-order valence-electron chi connectivity index (χ3n) is 2.42. The first kappa shape index (κ1) is 11.8. The van der Waals surface area contributed by atoms with Crippen molar-refractivity contribution in [1.29, 1.82) is 0 Å². The molecule has 2 rings (SSSR count). The fourth-order valence-electron chi connectivity index (χ4n) is 1.73. The van der Waals surface area contributed by atoms with Crippen molar-refractivity contribution in [3.05, 3.63) is 30.0 Å². The molecule has 0 aliphatic carbocycles. The predicted octanol–water partition coefficient (Wildman–Crippen LogP) is -0.164. The lowest BCUT2D eigenvalue weighted by atomic mass is 10.2. The Morgan fingerprint density at radius 1 is 1.29 bits per heavy atom. The van der Waals surface area contributed by atoms with Gasteiger partial charge in [-0.25, -0.2) is 18.5 Å². The first-order chi connectivity index (χ1) is 7.86. The van der Waals surface area contributed by atoms with Crippen LogP contribution in [-0.4, -0.2) is 14.1 Å². The Morgan fingerprint density at radius 2 is 2.00 bits per heavy atom. The third kappa shape index (κ3) is 2.54. The summed E-state index contributed by atoms with van der Waals surface area (Å²) >= 11 is 0. The molecule has 0 fully saturated rings. The molecule has 0 saturated carbocycles. The summed E-state index contributed by atoms with van der Waals surface area (Å²) in [5.41, 5.74) is 3.43. The van der Waals surface area contributed by atoms with E-state index in [2.05, 4.69) is 10.3 Å². The van der Waals surface area contributed by atoms with Crippen LogP contribution in [0.25, 0.3) is 0 Å². The molecule has 0 unspecified atom stereocenters. The normalized spacial score (nSPS) is 15.2. The molecule has 0 bridgehead atoms. The van der Waals surface area contributed by atoms with Crippen molar-refractivity contribution in [2.24, 2.45) is 5.14 Å². The summed E-state index contributed by atoms with van der Waals surface area (Å²) < 4.78 is 22.5. The van der Waals surface area contributed by atoms with Crippen LogP contribution >= 0.6 is 0 Å². The van der Waals surface area contributed by atoms with Crippen molar-refractivity contribution < 1.29 is 13.4 Å². The zero-order valence-corrected chi connectivity index (χ0v) is 10.4. The highest BCUT2D eigenvalue weighted by Gasteiger charge is 2.16. The van der Waals surface area contributed by atoms with Gasteiger partial charge in [0.15, 0.2) is 5.71 Å². The van der Waals surface area contributed by atoms with Crippen LogP contribution in [0, 0.1) is 0 Å². The second-order valence-corrected chi connectivity index (χ2v) is 5.57. The number of allylic oxidation sites excluding steroid dienone is 2. The SMILES string of the molecule is CC1=CC(C)=[NH+]c2ccc(S(N)(=O)=O)cc2N1. The summed E-state index contributed by atoms with van der Waals surface area (Å²) in [6.07, 6.45) is 1.94. The van der Waals surface area contributed by atoms with Gasteiger partial charge in [-0.2, -0.15) is 0 Å². The smallest absolute Gasteiger partial charge is 0.238 e. The van der Waals surface area contributed by atoms with Crippen molar-refractivity contribution in [2.45, 2.75) is 18.7 Å². The number of hydrogen-bond donors (Lipinski definition) is 3. The van der Waals surface area contributed by atoms with E-state index in [1.165, 1.54) is 12.1 Å². The van der Waals surface area contributed by atoms with Gasteiger partial charge in [0.25, 0.3) is 0 Å². The highest BCUT2D eigenvalue weighted by Crippen LogP contribution is 2.23. The minimum atomic E-state index is -3.67. The van der Waals surface area contributed by atoms with Crippen LogP contribution in [0.15, 0.2) is 34.9 Å². The molecule has 1 aliphatic rings. The summed E-state index contributed by atoms with van der Waals surface area (Å²) in [6.45, 7) is 3.85. The lowest BCUT2D eigenvalue weighted by molar-refractivity contribution is -0.351. The maximum atomic E-state index is 11.3. The third-order valence-corrected chi connectivity index (χ3v) is 3.33. The van der Waals surface area contributed by atoms with Crippen molar-refractivity contribution in [3.8, 4) is 0 Å². The van der Waals surface area contributed by atoms with Crippen molar-refractivity contribution in [3.63, 3.8) is 0 Å². The molecule has 1 aromatic carbocycles. The molecule has 0 amide bonds.